The lowest BCUT2D eigenvalue weighted by Crippen LogP contribution is -2.09. The second kappa shape index (κ2) is 6.21. The van der Waals surface area contributed by atoms with Gasteiger partial charge in [0.15, 0.2) is 11.5 Å². The van der Waals surface area contributed by atoms with E-state index in [4.69, 9.17) is 0 Å². The van der Waals surface area contributed by atoms with Crippen LogP contribution in [0.3, 0.4) is 0 Å². The first-order chi connectivity index (χ1) is 12.5. The number of fused-ring (bicyclic) bond motifs is 1. The van der Waals surface area contributed by atoms with Crippen molar-refractivity contribution in [3.05, 3.63) is 56.5 Å². The predicted octanol–water partition coefficient (Wildman–Crippen LogP) is 3.37. The van der Waals surface area contributed by atoms with Gasteiger partial charge in [0, 0.05) is 23.4 Å². The fourth-order valence-electron chi connectivity index (χ4n) is 3.08. The summed E-state index contributed by atoms with van der Waals surface area (Å²) in [5, 5.41) is 9.39. The number of halogens is 1. The van der Waals surface area contributed by atoms with Gasteiger partial charge in [0.05, 0.1) is 5.69 Å². The van der Waals surface area contributed by atoms with E-state index in [1.54, 1.807) is 15.6 Å². The normalized spacial score (nSPS) is 11.4. The molecule has 8 heteroatoms. The molecule has 4 aromatic rings. The van der Waals surface area contributed by atoms with Crippen molar-refractivity contribution >= 4 is 27.0 Å². The minimum Gasteiger partial charge on any atom is -0.304 e. The average molecular weight is 413 g/mol. The van der Waals surface area contributed by atoms with E-state index in [1.165, 1.54) is 0 Å². The van der Waals surface area contributed by atoms with Crippen LogP contribution >= 0.6 is 15.9 Å². The fourth-order valence-corrected chi connectivity index (χ4v) is 3.77. The first-order valence-electron chi connectivity index (χ1n) is 8.27. The zero-order chi connectivity index (χ0) is 18.4. The molecule has 0 atom stereocenters. The van der Waals surface area contributed by atoms with E-state index < -0.39 is 0 Å². The number of benzene rings is 1. The van der Waals surface area contributed by atoms with Crippen molar-refractivity contribution in [1.29, 1.82) is 0 Å². The maximum absolute atomic E-state index is 12.5. The van der Waals surface area contributed by atoms with Gasteiger partial charge >= 0.3 is 0 Å². The maximum Gasteiger partial charge on any atom is 0.262 e. The zero-order valence-electron chi connectivity index (χ0n) is 14.6. The monoisotopic (exact) mass is 412 g/mol. The number of hydrogen-bond acceptors (Lipinski definition) is 4. The fraction of sp³-hybridized carbons (Fsp3) is 0.222. The molecule has 0 saturated heterocycles. The van der Waals surface area contributed by atoms with Gasteiger partial charge in [-0.15, -0.1) is 5.10 Å². The molecular formula is C18H17BrN6O. The second-order valence-corrected chi connectivity index (χ2v) is 7.09. The van der Waals surface area contributed by atoms with Crippen molar-refractivity contribution < 1.29 is 0 Å². The summed E-state index contributed by atoms with van der Waals surface area (Å²) < 4.78 is 4.52. The number of aromatic amines is 1. The van der Waals surface area contributed by atoms with E-state index in [1.807, 2.05) is 45.2 Å². The number of hydrogen-bond donors (Lipinski definition) is 1. The third kappa shape index (κ3) is 2.76. The first kappa shape index (κ1) is 16.7. The number of rotatable bonds is 3. The third-order valence-electron chi connectivity index (χ3n) is 4.28. The molecule has 4 rings (SSSR count). The zero-order valence-corrected chi connectivity index (χ0v) is 16.2. The summed E-state index contributed by atoms with van der Waals surface area (Å²) >= 11 is 3.50. The molecule has 3 aromatic heterocycles. The van der Waals surface area contributed by atoms with E-state index in [-0.39, 0.29) is 5.56 Å². The van der Waals surface area contributed by atoms with Gasteiger partial charge in [0.2, 0.25) is 0 Å². The Kier molecular flexibility index (Phi) is 3.99. The molecule has 0 aliphatic rings. The molecular weight excluding hydrogens is 396 g/mol. The Labute approximate surface area is 157 Å². The van der Waals surface area contributed by atoms with Crippen molar-refractivity contribution in [2.75, 3.05) is 0 Å². The molecule has 1 aromatic carbocycles. The summed E-state index contributed by atoms with van der Waals surface area (Å²) in [6, 6.07) is 5.87. The van der Waals surface area contributed by atoms with Gasteiger partial charge in [0.25, 0.3) is 5.56 Å². The molecule has 0 bridgehead atoms. The molecule has 0 amide bonds. The highest BCUT2D eigenvalue weighted by Gasteiger charge is 2.14. The van der Waals surface area contributed by atoms with E-state index in [9.17, 15) is 4.79 Å². The predicted molar refractivity (Wildman–Crippen MR) is 104 cm³/mol. The van der Waals surface area contributed by atoms with Crippen LogP contribution in [0.1, 0.15) is 18.1 Å². The Hall–Kier alpha value is -2.74. The Morgan fingerprint density at radius 3 is 2.58 bits per heavy atom. The molecule has 0 fully saturated rings. The van der Waals surface area contributed by atoms with Crippen LogP contribution in [-0.2, 0) is 6.54 Å². The molecule has 0 unspecified atom stereocenters. The third-order valence-corrected chi connectivity index (χ3v) is 4.74. The summed E-state index contributed by atoms with van der Waals surface area (Å²) in [6.07, 6.45) is 3.57. The molecule has 3 heterocycles. The molecule has 0 aliphatic heterocycles. The summed E-state index contributed by atoms with van der Waals surface area (Å²) in [5.41, 5.74) is 3.86. The van der Waals surface area contributed by atoms with Gasteiger partial charge in [-0.3, -0.25) is 9.48 Å². The summed E-state index contributed by atoms with van der Waals surface area (Å²) in [7, 11) is 0. The van der Waals surface area contributed by atoms with Crippen molar-refractivity contribution in [3.63, 3.8) is 0 Å². The van der Waals surface area contributed by atoms with Gasteiger partial charge in [0.1, 0.15) is 11.1 Å². The summed E-state index contributed by atoms with van der Waals surface area (Å²) in [6.45, 7) is 6.78. The molecule has 0 saturated carbocycles. The number of nitrogens with one attached hydrogen (secondary N) is 1. The lowest BCUT2D eigenvalue weighted by Gasteiger charge is -2.10. The van der Waals surface area contributed by atoms with Gasteiger partial charge in [-0.1, -0.05) is 15.9 Å². The van der Waals surface area contributed by atoms with Crippen molar-refractivity contribution in [3.8, 4) is 17.2 Å². The Morgan fingerprint density at radius 1 is 1.19 bits per heavy atom. The lowest BCUT2D eigenvalue weighted by molar-refractivity contribution is 0.661. The van der Waals surface area contributed by atoms with Crippen LogP contribution < -0.4 is 5.56 Å². The highest BCUT2D eigenvalue weighted by atomic mass is 79.9. The van der Waals surface area contributed by atoms with Gasteiger partial charge in [-0.25, -0.2) is 9.67 Å². The highest BCUT2D eigenvalue weighted by Crippen LogP contribution is 2.24. The SMILES string of the molecule is CCn1ccc(-c2nc3nn(-c4c(C)cc(Br)cc4C)cc3c(=O)[nH]2)n1. The minimum atomic E-state index is -0.227. The second-order valence-electron chi connectivity index (χ2n) is 6.17. The standard InChI is InChI=1S/C18H17BrN6O/c1-4-24-6-5-14(22-24)17-20-16-13(18(26)21-17)9-25(23-16)15-10(2)7-12(19)8-11(15)3/h5-9H,4H2,1-3H3,(H,20,21,23,26). The number of H-pyrrole nitrogens is 1. The minimum absolute atomic E-state index is 0.227. The van der Waals surface area contributed by atoms with E-state index in [2.05, 4.69) is 36.1 Å². The Balaban J connectivity index is 1.88. The lowest BCUT2D eigenvalue weighted by atomic mass is 10.1. The molecule has 26 heavy (non-hydrogen) atoms. The van der Waals surface area contributed by atoms with Crippen LogP contribution in [0.25, 0.3) is 28.2 Å². The van der Waals surface area contributed by atoms with Crippen LogP contribution in [0, 0.1) is 13.8 Å². The van der Waals surface area contributed by atoms with Crippen LogP contribution in [0.4, 0.5) is 0 Å². The molecule has 0 spiro atoms. The smallest absolute Gasteiger partial charge is 0.262 e. The van der Waals surface area contributed by atoms with Crippen LogP contribution in [-0.4, -0.2) is 29.5 Å². The highest BCUT2D eigenvalue weighted by molar-refractivity contribution is 9.10. The summed E-state index contributed by atoms with van der Waals surface area (Å²) in [4.78, 5) is 19.8. The molecule has 0 radical (unpaired) electrons. The van der Waals surface area contributed by atoms with Crippen molar-refractivity contribution in [2.24, 2.45) is 0 Å². The summed E-state index contributed by atoms with van der Waals surface area (Å²) in [5.74, 6) is 0.421. The Bertz CT molecular complexity index is 1160. The molecule has 0 aliphatic carbocycles. The molecule has 132 valence electrons. The number of nitrogens with zero attached hydrogens (tertiary/aromatic N) is 5. The van der Waals surface area contributed by atoms with Gasteiger partial charge < -0.3 is 4.98 Å². The average Bonchev–Trinajstić information content (AvgIpc) is 3.20. The molecule has 7 nitrogen and oxygen atoms in total. The van der Waals surface area contributed by atoms with Crippen LogP contribution in [0.15, 0.2) is 39.9 Å². The van der Waals surface area contributed by atoms with Gasteiger partial charge in [-0.2, -0.15) is 5.10 Å². The van der Waals surface area contributed by atoms with Crippen LogP contribution in [0.2, 0.25) is 0 Å². The maximum atomic E-state index is 12.5. The van der Waals surface area contributed by atoms with Crippen molar-refractivity contribution in [2.45, 2.75) is 27.3 Å². The van der Waals surface area contributed by atoms with E-state index in [0.29, 0.717) is 22.6 Å². The first-order valence-corrected chi connectivity index (χ1v) is 9.06. The largest absolute Gasteiger partial charge is 0.304 e. The quantitative estimate of drug-likeness (QED) is 0.559. The van der Waals surface area contributed by atoms with E-state index >= 15 is 0 Å². The molecule has 1 N–H and O–H groups in total. The van der Waals surface area contributed by atoms with E-state index in [0.717, 1.165) is 27.8 Å². The topological polar surface area (TPSA) is 81.4 Å². The number of aromatic nitrogens is 6. The Morgan fingerprint density at radius 2 is 1.92 bits per heavy atom. The van der Waals surface area contributed by atoms with Gasteiger partial charge in [-0.05, 0) is 50.1 Å². The van der Waals surface area contributed by atoms with Crippen LogP contribution in [0.5, 0.6) is 0 Å². The van der Waals surface area contributed by atoms with Crippen molar-refractivity contribution in [1.82, 2.24) is 29.5 Å². The number of aryl methyl sites for hydroxylation is 3.